The van der Waals surface area contributed by atoms with Crippen molar-refractivity contribution in [3.05, 3.63) is 35.4 Å². The van der Waals surface area contributed by atoms with E-state index in [0.717, 1.165) is 0 Å². The molecule has 0 fully saturated rings. The minimum atomic E-state index is -0.589. The molecule has 0 aromatic heterocycles. The molecule has 16 heavy (non-hydrogen) atoms. The zero-order valence-electron chi connectivity index (χ0n) is 8.64. The summed E-state index contributed by atoms with van der Waals surface area (Å²) < 4.78 is 0. The Labute approximate surface area is 92.8 Å². The Balaban J connectivity index is 2.67. The van der Waals surface area contributed by atoms with Crippen LogP contribution in [0.25, 0.3) is 0 Å². The second-order valence-electron chi connectivity index (χ2n) is 3.32. The van der Waals surface area contributed by atoms with E-state index in [4.69, 9.17) is 17.2 Å². The summed E-state index contributed by atoms with van der Waals surface area (Å²) in [7, 11) is 0. The van der Waals surface area contributed by atoms with Gasteiger partial charge >= 0.3 is 0 Å². The third kappa shape index (κ3) is 3.34. The summed E-state index contributed by atoms with van der Waals surface area (Å²) in [6.45, 7) is 0.191. The number of nitrogens with two attached hydrogens (primary N) is 3. The van der Waals surface area contributed by atoms with Crippen molar-refractivity contribution in [2.45, 2.75) is 6.17 Å². The Morgan fingerprint density at radius 3 is 2.06 bits per heavy atom. The molecule has 7 N–H and O–H groups in total. The first-order valence-corrected chi connectivity index (χ1v) is 4.70. The highest BCUT2D eigenvalue weighted by atomic mass is 16.2. The zero-order chi connectivity index (χ0) is 12.1. The van der Waals surface area contributed by atoms with Gasteiger partial charge in [0.25, 0.3) is 5.91 Å². The molecule has 0 unspecified atom stereocenters. The summed E-state index contributed by atoms with van der Waals surface area (Å²) in [5, 5.41) is 2.54. The number of nitrogens with one attached hydrogen (secondary N) is 1. The summed E-state index contributed by atoms with van der Waals surface area (Å²) in [5.74, 6) is -0.826. The standard InChI is InChI=1S/C10H14N4O2/c11-8(12)5-14-10(16)7-3-1-6(2-4-7)9(13)15/h1-4,8H,5,11-12H2,(H2,13,15)(H,14,16). The highest BCUT2D eigenvalue weighted by molar-refractivity contribution is 5.97. The van der Waals surface area contributed by atoms with Crippen LogP contribution in [0.15, 0.2) is 24.3 Å². The van der Waals surface area contributed by atoms with Gasteiger partial charge in [-0.3, -0.25) is 9.59 Å². The third-order valence-electron chi connectivity index (χ3n) is 1.93. The first-order valence-electron chi connectivity index (χ1n) is 4.70. The van der Waals surface area contributed by atoms with Gasteiger partial charge in [0.2, 0.25) is 5.91 Å². The van der Waals surface area contributed by atoms with Gasteiger partial charge in [-0.05, 0) is 24.3 Å². The zero-order valence-corrected chi connectivity index (χ0v) is 8.64. The van der Waals surface area contributed by atoms with Crippen molar-refractivity contribution < 1.29 is 9.59 Å². The van der Waals surface area contributed by atoms with Gasteiger partial charge in [-0.2, -0.15) is 0 Å². The molecular formula is C10H14N4O2. The van der Waals surface area contributed by atoms with Crippen LogP contribution in [0, 0.1) is 0 Å². The van der Waals surface area contributed by atoms with E-state index in [-0.39, 0.29) is 12.5 Å². The van der Waals surface area contributed by atoms with E-state index in [2.05, 4.69) is 5.32 Å². The van der Waals surface area contributed by atoms with Crippen LogP contribution in [0.3, 0.4) is 0 Å². The number of carbonyl (C=O) groups is 2. The van der Waals surface area contributed by atoms with Crippen LogP contribution < -0.4 is 22.5 Å². The average molecular weight is 222 g/mol. The number of carbonyl (C=O) groups excluding carboxylic acids is 2. The largest absolute Gasteiger partial charge is 0.366 e. The lowest BCUT2D eigenvalue weighted by Crippen LogP contribution is -2.43. The maximum atomic E-state index is 11.5. The highest BCUT2D eigenvalue weighted by Crippen LogP contribution is 2.03. The fourth-order valence-corrected chi connectivity index (χ4v) is 1.10. The van der Waals surface area contributed by atoms with E-state index in [9.17, 15) is 9.59 Å². The predicted molar refractivity (Wildman–Crippen MR) is 59.5 cm³/mol. The number of benzene rings is 1. The van der Waals surface area contributed by atoms with E-state index in [1.165, 1.54) is 24.3 Å². The maximum absolute atomic E-state index is 11.5. The molecular weight excluding hydrogens is 208 g/mol. The van der Waals surface area contributed by atoms with Crippen LogP contribution in [0.4, 0.5) is 0 Å². The third-order valence-corrected chi connectivity index (χ3v) is 1.93. The lowest BCUT2D eigenvalue weighted by molar-refractivity contribution is 0.0948. The van der Waals surface area contributed by atoms with Gasteiger partial charge in [-0.25, -0.2) is 0 Å². The lowest BCUT2D eigenvalue weighted by atomic mass is 10.1. The molecule has 1 rings (SSSR count). The number of amides is 2. The van der Waals surface area contributed by atoms with Crippen molar-refractivity contribution in [2.24, 2.45) is 17.2 Å². The van der Waals surface area contributed by atoms with Crippen LogP contribution in [0.1, 0.15) is 20.7 Å². The minimum absolute atomic E-state index is 0.191. The van der Waals surface area contributed by atoms with Crippen LogP contribution in [0.2, 0.25) is 0 Å². The average Bonchev–Trinajstić information content (AvgIpc) is 2.26. The number of primary amides is 1. The van der Waals surface area contributed by atoms with Gasteiger partial charge in [0, 0.05) is 17.7 Å². The Bertz CT molecular complexity index is 386. The van der Waals surface area contributed by atoms with Crippen LogP contribution in [-0.4, -0.2) is 24.5 Å². The van der Waals surface area contributed by atoms with E-state index in [1.54, 1.807) is 0 Å². The minimum Gasteiger partial charge on any atom is -0.366 e. The highest BCUT2D eigenvalue weighted by Gasteiger charge is 2.07. The molecule has 0 heterocycles. The fourth-order valence-electron chi connectivity index (χ4n) is 1.10. The molecule has 86 valence electrons. The van der Waals surface area contributed by atoms with E-state index < -0.39 is 12.1 Å². The molecule has 0 spiro atoms. The van der Waals surface area contributed by atoms with Crippen molar-refractivity contribution in [1.29, 1.82) is 0 Å². The molecule has 0 saturated carbocycles. The molecule has 0 saturated heterocycles. The second kappa shape index (κ2) is 5.24. The van der Waals surface area contributed by atoms with E-state index >= 15 is 0 Å². The molecule has 0 bridgehead atoms. The first kappa shape index (κ1) is 12.2. The van der Waals surface area contributed by atoms with Gasteiger partial charge in [0.1, 0.15) is 0 Å². The normalized spacial score (nSPS) is 10.2. The molecule has 0 atom stereocenters. The van der Waals surface area contributed by atoms with Crippen molar-refractivity contribution in [2.75, 3.05) is 6.54 Å². The molecule has 6 nitrogen and oxygen atoms in total. The Morgan fingerprint density at radius 1 is 1.12 bits per heavy atom. The number of hydrogen-bond acceptors (Lipinski definition) is 4. The summed E-state index contributed by atoms with van der Waals surface area (Å²) in [6, 6.07) is 5.99. The monoisotopic (exact) mass is 222 g/mol. The molecule has 2 amide bonds. The lowest BCUT2D eigenvalue weighted by Gasteiger charge is -2.07. The summed E-state index contributed by atoms with van der Waals surface area (Å²) >= 11 is 0. The summed E-state index contributed by atoms with van der Waals surface area (Å²) in [6.07, 6.45) is -0.589. The predicted octanol–water partition coefficient (Wildman–Crippen LogP) is -1.24. The fraction of sp³-hybridized carbons (Fsp3) is 0.200. The van der Waals surface area contributed by atoms with Crippen LogP contribution in [-0.2, 0) is 0 Å². The molecule has 0 aliphatic carbocycles. The smallest absolute Gasteiger partial charge is 0.251 e. The van der Waals surface area contributed by atoms with Gasteiger partial charge in [0.15, 0.2) is 0 Å². The van der Waals surface area contributed by atoms with E-state index in [1.807, 2.05) is 0 Å². The van der Waals surface area contributed by atoms with Crippen LogP contribution in [0.5, 0.6) is 0 Å². The van der Waals surface area contributed by atoms with Gasteiger partial charge in [0.05, 0.1) is 6.17 Å². The van der Waals surface area contributed by atoms with Crippen LogP contribution >= 0.6 is 0 Å². The molecule has 1 aromatic carbocycles. The maximum Gasteiger partial charge on any atom is 0.251 e. The van der Waals surface area contributed by atoms with E-state index in [0.29, 0.717) is 11.1 Å². The quantitative estimate of drug-likeness (QED) is 0.475. The molecule has 0 aliphatic heterocycles. The van der Waals surface area contributed by atoms with Gasteiger partial charge < -0.3 is 22.5 Å². The Hall–Kier alpha value is -1.92. The second-order valence-corrected chi connectivity index (χ2v) is 3.32. The topological polar surface area (TPSA) is 124 Å². The summed E-state index contributed by atoms with van der Waals surface area (Å²) in [4.78, 5) is 22.3. The van der Waals surface area contributed by atoms with Gasteiger partial charge in [-0.1, -0.05) is 0 Å². The molecule has 6 heteroatoms. The van der Waals surface area contributed by atoms with Crippen molar-refractivity contribution in [3.63, 3.8) is 0 Å². The molecule has 1 aromatic rings. The number of rotatable bonds is 4. The van der Waals surface area contributed by atoms with Gasteiger partial charge in [-0.15, -0.1) is 0 Å². The van der Waals surface area contributed by atoms with Crippen molar-refractivity contribution in [3.8, 4) is 0 Å². The number of hydrogen-bond donors (Lipinski definition) is 4. The summed E-state index contributed by atoms with van der Waals surface area (Å²) in [5.41, 5.74) is 16.4. The Kier molecular flexibility index (Phi) is 3.98. The molecule has 0 radical (unpaired) electrons. The molecule has 0 aliphatic rings. The van der Waals surface area contributed by atoms with Crippen molar-refractivity contribution in [1.82, 2.24) is 5.32 Å². The Morgan fingerprint density at radius 2 is 1.62 bits per heavy atom. The first-order chi connectivity index (χ1) is 7.50. The SMILES string of the molecule is NC(=O)c1ccc(C(=O)NCC(N)N)cc1. The van der Waals surface area contributed by atoms with Crippen molar-refractivity contribution >= 4 is 11.8 Å².